The van der Waals surface area contributed by atoms with Crippen molar-refractivity contribution in [1.29, 1.82) is 0 Å². The van der Waals surface area contributed by atoms with Crippen LogP contribution in [0.3, 0.4) is 0 Å². The second kappa shape index (κ2) is 14.2. The number of carbonyl (C=O) groups excluding carboxylic acids is 1. The number of hydrogen-bond acceptors (Lipinski definition) is 8. The third kappa shape index (κ3) is 7.61. The average molecular weight is 620 g/mol. The predicted octanol–water partition coefficient (Wildman–Crippen LogP) is 5.42. The van der Waals surface area contributed by atoms with Crippen molar-refractivity contribution in [2.45, 2.75) is 12.8 Å². The summed E-state index contributed by atoms with van der Waals surface area (Å²) in [5, 5.41) is 3.41. The number of allylic oxidation sites excluding steroid dienone is 1. The van der Waals surface area contributed by atoms with Gasteiger partial charge in [-0.1, -0.05) is 36.9 Å². The van der Waals surface area contributed by atoms with Crippen LogP contribution in [-0.2, 0) is 17.6 Å². The number of carbonyl (C=O) groups is 1. The Morgan fingerprint density at radius 3 is 2.30 bits per heavy atom. The molecule has 3 aromatic carbocycles. The van der Waals surface area contributed by atoms with E-state index in [1.165, 1.54) is 6.08 Å². The van der Waals surface area contributed by atoms with Gasteiger partial charge >= 0.3 is 0 Å². The molecular weight excluding hydrogens is 577 g/mol. The summed E-state index contributed by atoms with van der Waals surface area (Å²) in [5.41, 5.74) is 6.92. The van der Waals surface area contributed by atoms with Gasteiger partial charge in [0.25, 0.3) is 0 Å². The molecule has 0 saturated carbocycles. The molecule has 4 aromatic rings. The molecule has 2 fully saturated rings. The second-order valence-corrected chi connectivity index (χ2v) is 12.3. The van der Waals surface area contributed by atoms with Crippen LogP contribution in [0.15, 0.2) is 85.6 Å². The fourth-order valence-electron chi connectivity index (χ4n) is 6.11. The lowest BCUT2D eigenvalue weighted by Gasteiger charge is -2.34. The molecule has 0 amide bonds. The molecule has 9 heteroatoms. The molecule has 3 heterocycles. The van der Waals surface area contributed by atoms with E-state index in [4.69, 9.17) is 9.97 Å². The van der Waals surface area contributed by atoms with Gasteiger partial charge in [-0.2, -0.15) is 0 Å². The molecule has 8 nitrogen and oxygen atoms in total. The van der Waals surface area contributed by atoms with Crippen LogP contribution in [0.4, 0.5) is 27.4 Å². The first-order valence-electron chi connectivity index (χ1n) is 16.0. The molecule has 46 heavy (non-hydrogen) atoms. The van der Waals surface area contributed by atoms with Crippen molar-refractivity contribution in [1.82, 2.24) is 19.8 Å². The fraction of sp³-hybridized carbons (Fsp3) is 0.324. The van der Waals surface area contributed by atoms with Crippen LogP contribution < -0.4 is 15.1 Å². The van der Waals surface area contributed by atoms with Crippen molar-refractivity contribution < 1.29 is 9.18 Å². The molecule has 0 unspecified atom stereocenters. The highest BCUT2D eigenvalue weighted by atomic mass is 19.1. The van der Waals surface area contributed by atoms with Crippen molar-refractivity contribution in [2.24, 2.45) is 0 Å². The van der Waals surface area contributed by atoms with Crippen LogP contribution in [0.1, 0.15) is 16.7 Å². The Morgan fingerprint density at radius 1 is 0.870 bits per heavy atom. The Bertz CT molecular complexity index is 1690. The van der Waals surface area contributed by atoms with E-state index in [1.807, 2.05) is 54.7 Å². The lowest BCUT2D eigenvalue weighted by molar-refractivity contribution is -0.114. The maximum Gasteiger partial charge on any atom is 0.227 e. The molecule has 2 aliphatic heterocycles. The van der Waals surface area contributed by atoms with E-state index in [9.17, 15) is 4.79 Å². The Morgan fingerprint density at radius 2 is 1.59 bits per heavy atom. The van der Waals surface area contributed by atoms with Gasteiger partial charge in [-0.25, -0.2) is 14.4 Å². The monoisotopic (exact) mass is 619 g/mol. The second-order valence-electron chi connectivity index (χ2n) is 12.3. The highest BCUT2D eigenvalue weighted by Crippen LogP contribution is 2.29. The minimum Gasteiger partial charge on any atom is -0.369 e. The molecule has 0 bridgehead atoms. The van der Waals surface area contributed by atoms with Gasteiger partial charge in [-0.05, 0) is 67.7 Å². The lowest BCUT2D eigenvalue weighted by atomic mass is 9.98. The van der Waals surface area contributed by atoms with Crippen molar-refractivity contribution in [2.75, 3.05) is 81.6 Å². The number of anilines is 4. The smallest absolute Gasteiger partial charge is 0.227 e. The predicted molar refractivity (Wildman–Crippen MR) is 185 cm³/mol. The summed E-state index contributed by atoms with van der Waals surface area (Å²) in [7, 11) is 4.25. The van der Waals surface area contributed by atoms with E-state index < -0.39 is 0 Å². The van der Waals surface area contributed by atoms with Crippen LogP contribution >= 0.6 is 0 Å². The van der Waals surface area contributed by atoms with Crippen molar-refractivity contribution in [3.63, 3.8) is 0 Å². The van der Waals surface area contributed by atoms with Gasteiger partial charge in [0.15, 0.2) is 5.78 Å². The zero-order valence-corrected chi connectivity index (χ0v) is 26.8. The van der Waals surface area contributed by atoms with Gasteiger partial charge in [0.05, 0.1) is 11.4 Å². The molecule has 2 saturated heterocycles. The van der Waals surface area contributed by atoms with E-state index in [-0.39, 0.29) is 18.0 Å². The number of aromatic nitrogens is 2. The van der Waals surface area contributed by atoms with Crippen molar-refractivity contribution >= 4 is 28.8 Å². The number of piperazine rings is 2. The highest BCUT2D eigenvalue weighted by molar-refractivity contribution is 5.91. The molecule has 0 spiro atoms. The Labute approximate surface area is 271 Å². The average Bonchev–Trinajstić information content (AvgIpc) is 3.06. The SMILES string of the molecule is C=CC(=O)Cc1cccc(-c2nc(Nc3cccc(N4CCN(C)CC4)c3)ncc2Cc2ccc(N3CCN(C)CC3)c(F)c2)c1. The Kier molecular flexibility index (Phi) is 9.71. The summed E-state index contributed by atoms with van der Waals surface area (Å²) >= 11 is 0. The quantitative estimate of drug-likeness (QED) is 0.236. The first-order chi connectivity index (χ1) is 22.3. The summed E-state index contributed by atoms with van der Waals surface area (Å²) in [6.45, 7) is 11.1. The largest absolute Gasteiger partial charge is 0.369 e. The van der Waals surface area contributed by atoms with Gasteiger partial charge in [0, 0.05) is 93.9 Å². The number of likely N-dealkylation sites (N-methyl/N-ethyl adjacent to an activating group) is 2. The summed E-state index contributed by atoms with van der Waals surface area (Å²) in [4.78, 5) is 30.9. The summed E-state index contributed by atoms with van der Waals surface area (Å²) in [6, 6.07) is 21.7. The van der Waals surface area contributed by atoms with Gasteiger partial charge < -0.3 is 24.9 Å². The minimum atomic E-state index is -0.215. The zero-order chi connectivity index (χ0) is 32.0. The van der Waals surface area contributed by atoms with Gasteiger partial charge in [0.1, 0.15) is 5.82 Å². The van der Waals surface area contributed by atoms with Gasteiger partial charge in [-0.15, -0.1) is 0 Å². The molecular formula is C37H42FN7O. The molecule has 0 radical (unpaired) electrons. The van der Waals surface area contributed by atoms with E-state index in [2.05, 4.69) is 57.7 Å². The van der Waals surface area contributed by atoms with Crippen LogP contribution in [0, 0.1) is 5.82 Å². The molecule has 238 valence electrons. The topological polar surface area (TPSA) is 67.8 Å². The summed E-state index contributed by atoms with van der Waals surface area (Å²) < 4.78 is 15.4. The minimum absolute atomic E-state index is 0.0430. The molecule has 0 atom stereocenters. The highest BCUT2D eigenvalue weighted by Gasteiger charge is 2.19. The third-order valence-corrected chi connectivity index (χ3v) is 8.89. The lowest BCUT2D eigenvalue weighted by Crippen LogP contribution is -2.44. The number of nitrogens with one attached hydrogen (secondary N) is 1. The van der Waals surface area contributed by atoms with Crippen molar-refractivity contribution in [3.05, 3.63) is 108 Å². The molecule has 1 N–H and O–H groups in total. The summed E-state index contributed by atoms with van der Waals surface area (Å²) in [6.07, 6.45) is 3.90. The van der Waals surface area contributed by atoms with Gasteiger partial charge in [0.2, 0.25) is 5.95 Å². The molecule has 1 aromatic heterocycles. The Hall–Kier alpha value is -4.60. The number of ketones is 1. The van der Waals surface area contributed by atoms with E-state index in [1.54, 1.807) is 6.07 Å². The summed E-state index contributed by atoms with van der Waals surface area (Å²) in [5.74, 6) is 0.213. The van der Waals surface area contributed by atoms with Crippen LogP contribution in [0.25, 0.3) is 11.3 Å². The van der Waals surface area contributed by atoms with Crippen LogP contribution in [-0.4, -0.2) is 92.0 Å². The van der Waals surface area contributed by atoms with E-state index in [0.717, 1.165) is 91.7 Å². The standard InChI is InChI=1S/C37H42FN7O/c1-4-33(46)23-27-7-5-8-29(21-27)36-30(22-28-11-12-35(34(38)24-28)45-19-15-43(3)16-20-45)26-39-37(41-36)40-31-9-6-10-32(25-31)44-17-13-42(2)14-18-44/h4-12,21,24-26H,1,13-20,22-23H2,2-3H3,(H,39,40,41). The van der Waals surface area contributed by atoms with Crippen LogP contribution in [0.5, 0.6) is 0 Å². The number of nitrogens with zero attached hydrogens (tertiary/aromatic N) is 6. The number of halogens is 1. The van der Waals surface area contributed by atoms with E-state index >= 15 is 4.39 Å². The fourth-order valence-corrected chi connectivity index (χ4v) is 6.11. The molecule has 0 aliphatic carbocycles. The zero-order valence-electron chi connectivity index (χ0n) is 26.8. The first kappa shape index (κ1) is 31.4. The number of rotatable bonds is 10. The molecule has 2 aliphatic rings. The van der Waals surface area contributed by atoms with Crippen molar-refractivity contribution in [3.8, 4) is 11.3 Å². The number of benzene rings is 3. The van der Waals surface area contributed by atoms with Crippen LogP contribution in [0.2, 0.25) is 0 Å². The Balaban J connectivity index is 1.29. The van der Waals surface area contributed by atoms with E-state index in [0.29, 0.717) is 18.1 Å². The first-order valence-corrected chi connectivity index (χ1v) is 16.0. The maximum atomic E-state index is 15.4. The normalized spacial score (nSPS) is 16.0. The maximum absolute atomic E-state index is 15.4. The third-order valence-electron chi connectivity index (χ3n) is 8.89. The number of hydrogen-bond donors (Lipinski definition) is 1. The molecule has 6 rings (SSSR count). The van der Waals surface area contributed by atoms with Gasteiger partial charge in [-0.3, -0.25) is 4.79 Å².